The zero-order valence-corrected chi connectivity index (χ0v) is 24.0. The maximum absolute atomic E-state index is 6.10. The molecule has 0 spiro atoms. The summed E-state index contributed by atoms with van der Waals surface area (Å²) < 4.78 is 11.1. The van der Waals surface area contributed by atoms with Crippen LogP contribution >= 0.6 is 52.0 Å². The molecule has 0 saturated heterocycles. The Morgan fingerprint density at radius 2 is 1.54 bits per heavy atom. The zero-order valence-electron chi connectivity index (χ0n) is 12.8. The van der Waals surface area contributed by atoms with Crippen molar-refractivity contribution in [1.29, 1.82) is 0 Å². The minimum atomic E-state index is -2.23. The average Bonchev–Trinajstić information content (AvgIpc) is 2.34. The molecule has 0 heterocycles. The van der Waals surface area contributed by atoms with Crippen LogP contribution in [0.2, 0.25) is 10.0 Å². The van der Waals surface area contributed by atoms with E-state index in [0.29, 0.717) is 23.3 Å². The van der Waals surface area contributed by atoms with Crippen LogP contribution < -0.4 is 0 Å². The van der Waals surface area contributed by atoms with E-state index in [2.05, 4.69) is 0 Å². The quantitative estimate of drug-likeness (QED) is 0.196. The molecule has 0 aliphatic carbocycles. The van der Waals surface area contributed by atoms with Crippen molar-refractivity contribution in [3.8, 4) is 0 Å². The smallest absolute Gasteiger partial charge is 2.00 e. The van der Waals surface area contributed by atoms with Crippen LogP contribution in [0.3, 0.4) is 0 Å². The first kappa shape index (κ1) is 38.3. The SMILES string of the molecule is CCOP(=S)(OCC)SCSc1cc(Cl)ccc1Cl.[Ce+3].[Ce+3].[O-2].[O-2].[O-2]. The normalized spacial score (nSPS) is 9.33. The van der Waals surface area contributed by atoms with Gasteiger partial charge in [0.05, 0.1) is 23.3 Å². The number of hydrogen-bond acceptors (Lipinski definition) is 5. The molecule has 5 nitrogen and oxygen atoms in total. The average molecular weight is 706 g/mol. The van der Waals surface area contributed by atoms with E-state index >= 15 is 0 Å². The molecular weight excluding hydrogens is 690 g/mol. The second-order valence-electron chi connectivity index (χ2n) is 3.25. The van der Waals surface area contributed by atoms with E-state index < -0.39 is 5.69 Å². The Kier molecular flexibility index (Phi) is 34.2. The molecule has 0 aliphatic rings. The van der Waals surface area contributed by atoms with Gasteiger partial charge in [0, 0.05) is 9.92 Å². The van der Waals surface area contributed by atoms with E-state index in [1.807, 2.05) is 19.9 Å². The van der Waals surface area contributed by atoms with Crippen LogP contribution in [0.5, 0.6) is 0 Å². The van der Waals surface area contributed by atoms with Gasteiger partial charge in [0.1, 0.15) is 0 Å². The van der Waals surface area contributed by atoms with Crippen LogP contribution in [-0.4, -0.2) is 18.3 Å². The van der Waals surface area contributed by atoms with Crippen molar-refractivity contribution in [1.82, 2.24) is 0 Å². The third-order valence-electron chi connectivity index (χ3n) is 1.89. The van der Waals surface area contributed by atoms with Crippen LogP contribution in [0, 0.1) is 83.5 Å². The monoisotopic (exact) mass is 704 g/mol. The van der Waals surface area contributed by atoms with Crippen molar-refractivity contribution in [3.63, 3.8) is 0 Å². The summed E-state index contributed by atoms with van der Waals surface area (Å²) >= 11 is 20.6. The first-order valence-corrected chi connectivity index (χ1v) is 11.6. The Morgan fingerprint density at radius 3 is 2.00 bits per heavy atom. The number of hydrogen-bond donors (Lipinski definition) is 0. The zero-order chi connectivity index (χ0) is 14.3. The van der Waals surface area contributed by atoms with E-state index in [0.717, 1.165) is 9.98 Å². The predicted octanol–water partition coefficient (Wildman–Crippen LogP) is 5.72. The Hall–Kier alpha value is 3.70. The van der Waals surface area contributed by atoms with Crippen molar-refractivity contribution in [3.05, 3.63) is 28.2 Å². The van der Waals surface area contributed by atoms with Gasteiger partial charge in [0.15, 0.2) is 0 Å². The molecule has 1 aromatic rings. The standard InChI is InChI=1S/C11H15Cl2O2PS3.2Ce.3O/c1-3-14-16(17,15-4-2)19-8-18-11-7-9(12)5-6-10(11)13;;;;;/h5-7H,3-4,8H2,1-2H3;;;;;/q;2*+3;3*-2. The molecule has 0 bridgehead atoms. The van der Waals surface area contributed by atoms with Crippen LogP contribution in [0.1, 0.15) is 13.8 Å². The summed E-state index contributed by atoms with van der Waals surface area (Å²) in [5.41, 5.74) is -2.23. The van der Waals surface area contributed by atoms with Gasteiger partial charge in [-0.1, -0.05) is 34.6 Å². The molecule has 0 unspecified atom stereocenters. The Labute approximate surface area is 234 Å². The molecule has 0 amide bonds. The van der Waals surface area contributed by atoms with Crippen molar-refractivity contribution >= 4 is 63.8 Å². The summed E-state index contributed by atoms with van der Waals surface area (Å²) in [6, 6.07) is 5.41. The van der Waals surface area contributed by atoms with Gasteiger partial charge >= 0.3 is 83.5 Å². The van der Waals surface area contributed by atoms with Gasteiger partial charge in [-0.2, -0.15) is 0 Å². The number of thioether (sulfide) groups is 1. The first-order valence-electron chi connectivity index (χ1n) is 5.62. The summed E-state index contributed by atoms with van der Waals surface area (Å²) in [6.07, 6.45) is 0. The molecule has 0 aliphatic heterocycles. The Morgan fingerprint density at radius 1 is 1.04 bits per heavy atom. The minimum absolute atomic E-state index is 0. The van der Waals surface area contributed by atoms with E-state index in [4.69, 9.17) is 44.1 Å². The fraction of sp³-hybridized carbons (Fsp3) is 0.455. The van der Waals surface area contributed by atoms with Gasteiger partial charge in [-0.15, -0.1) is 11.8 Å². The summed E-state index contributed by atoms with van der Waals surface area (Å²) in [7, 11) is 0. The molecule has 1 rings (SSSR count). The fourth-order valence-electron chi connectivity index (χ4n) is 1.17. The van der Waals surface area contributed by atoms with E-state index in [1.54, 1.807) is 23.9 Å². The number of halogens is 2. The molecule has 0 atom stereocenters. The predicted molar refractivity (Wildman–Crippen MR) is 94.4 cm³/mol. The Bertz CT molecular complexity index is 467. The van der Waals surface area contributed by atoms with Crippen molar-refractivity contribution in [2.45, 2.75) is 18.7 Å². The van der Waals surface area contributed by atoms with Crippen molar-refractivity contribution in [2.75, 3.05) is 18.3 Å². The first-order chi connectivity index (χ1) is 9.00. The van der Waals surface area contributed by atoms with Crippen LogP contribution in [0.4, 0.5) is 0 Å². The molecule has 0 saturated carbocycles. The minimum Gasteiger partial charge on any atom is -2.00 e. The second-order valence-corrected chi connectivity index (χ2v) is 11.8. The summed E-state index contributed by atoms with van der Waals surface area (Å²) in [5, 5.41) is 2.08. The van der Waals surface area contributed by atoms with Gasteiger partial charge in [-0.3, -0.25) is 0 Å². The molecule has 0 aromatic heterocycles. The summed E-state index contributed by atoms with van der Waals surface area (Å²) in [6.45, 7) is 4.96. The van der Waals surface area contributed by atoms with Gasteiger partial charge < -0.3 is 25.5 Å². The summed E-state index contributed by atoms with van der Waals surface area (Å²) in [5.74, 6) is 0. The third kappa shape index (κ3) is 15.6. The Balaban J connectivity index is -0.000000241. The van der Waals surface area contributed by atoms with Gasteiger partial charge in [0.2, 0.25) is 5.69 Å². The second kappa shape index (κ2) is 21.4. The molecule has 0 fully saturated rings. The van der Waals surface area contributed by atoms with Gasteiger partial charge in [0.25, 0.3) is 0 Å². The molecule has 24 heavy (non-hydrogen) atoms. The van der Waals surface area contributed by atoms with Crippen LogP contribution in [0.25, 0.3) is 0 Å². The molecule has 1 aromatic carbocycles. The maximum atomic E-state index is 6.10. The van der Waals surface area contributed by atoms with E-state index in [9.17, 15) is 0 Å². The molecule has 2 radical (unpaired) electrons. The maximum Gasteiger partial charge on any atom is 3.00 e. The van der Waals surface area contributed by atoms with Gasteiger partial charge in [-0.05, 0) is 43.9 Å². The molecule has 13 heteroatoms. The topological polar surface area (TPSA) is 104 Å². The fourth-order valence-corrected chi connectivity index (χ4v) is 8.71. The van der Waals surface area contributed by atoms with Crippen LogP contribution in [-0.2, 0) is 37.3 Å². The van der Waals surface area contributed by atoms with Crippen molar-refractivity contribution in [2.24, 2.45) is 0 Å². The molecule has 134 valence electrons. The van der Waals surface area contributed by atoms with Gasteiger partial charge in [-0.25, -0.2) is 0 Å². The third-order valence-corrected chi connectivity index (χ3v) is 9.69. The molecular formula is C11H15Ce2Cl2O5PS3. The van der Waals surface area contributed by atoms with E-state index in [-0.39, 0.29) is 99.9 Å². The number of rotatable bonds is 8. The van der Waals surface area contributed by atoms with E-state index in [1.165, 1.54) is 11.4 Å². The summed E-state index contributed by atoms with van der Waals surface area (Å²) in [4.78, 5) is 0.941. The van der Waals surface area contributed by atoms with Crippen LogP contribution in [0.15, 0.2) is 23.1 Å². The number of benzene rings is 1. The molecule has 0 N–H and O–H groups in total. The van der Waals surface area contributed by atoms with Crippen molar-refractivity contribution < 1.29 is 109 Å². The largest absolute Gasteiger partial charge is 3.00 e.